The molecule has 1 amide bonds. The maximum absolute atomic E-state index is 12.5. The fraction of sp³-hybridized carbons (Fsp3) is 0.190. The Kier molecular flexibility index (Phi) is 5.66. The standard InChI is InChI=1S/C21H22N4O2/c1-4-27-19-8-6-5-7-18(19)25-20(26)16-12-22-21(23-13-16)24-17-10-14(2)9-15(3)11-17/h5-13H,4H2,1-3H3,(H,25,26)(H,22,23,24). The number of nitrogens with zero attached hydrogens (tertiary/aromatic N) is 2. The van der Waals surface area contributed by atoms with Crippen molar-refractivity contribution >= 4 is 23.2 Å². The van der Waals surface area contributed by atoms with E-state index in [1.54, 1.807) is 6.07 Å². The Labute approximate surface area is 158 Å². The summed E-state index contributed by atoms with van der Waals surface area (Å²) in [6.07, 6.45) is 2.99. The molecule has 6 heteroatoms. The number of rotatable bonds is 6. The lowest BCUT2D eigenvalue weighted by molar-refractivity contribution is 0.102. The van der Waals surface area contributed by atoms with Crippen LogP contribution in [0.15, 0.2) is 54.9 Å². The van der Waals surface area contributed by atoms with Crippen LogP contribution >= 0.6 is 0 Å². The van der Waals surface area contributed by atoms with Gasteiger partial charge in [0.25, 0.3) is 5.91 Å². The normalized spacial score (nSPS) is 10.3. The lowest BCUT2D eigenvalue weighted by Gasteiger charge is -2.11. The van der Waals surface area contributed by atoms with E-state index in [4.69, 9.17) is 4.74 Å². The molecule has 0 aliphatic heterocycles. The summed E-state index contributed by atoms with van der Waals surface area (Å²) >= 11 is 0. The molecule has 0 bridgehead atoms. The van der Waals surface area contributed by atoms with Gasteiger partial charge in [0.05, 0.1) is 17.9 Å². The molecule has 1 heterocycles. The Balaban J connectivity index is 1.70. The molecule has 0 aliphatic carbocycles. The average Bonchev–Trinajstić information content (AvgIpc) is 2.63. The monoisotopic (exact) mass is 362 g/mol. The van der Waals surface area contributed by atoms with Crippen molar-refractivity contribution in [3.05, 3.63) is 71.5 Å². The summed E-state index contributed by atoms with van der Waals surface area (Å²) in [5.74, 6) is 0.772. The molecule has 2 N–H and O–H groups in total. The van der Waals surface area contributed by atoms with Gasteiger partial charge < -0.3 is 15.4 Å². The Bertz CT molecular complexity index is 919. The van der Waals surface area contributed by atoms with Gasteiger partial charge in [-0.2, -0.15) is 0 Å². The van der Waals surface area contributed by atoms with Gasteiger partial charge in [-0.05, 0) is 56.2 Å². The second-order valence-electron chi connectivity index (χ2n) is 6.18. The molecule has 3 aromatic rings. The smallest absolute Gasteiger partial charge is 0.258 e. The quantitative estimate of drug-likeness (QED) is 0.676. The first-order chi connectivity index (χ1) is 13.0. The zero-order chi connectivity index (χ0) is 19.2. The molecular formula is C21H22N4O2. The van der Waals surface area contributed by atoms with Crippen LogP contribution in [0, 0.1) is 13.8 Å². The summed E-state index contributed by atoms with van der Waals surface area (Å²) in [5.41, 5.74) is 4.20. The van der Waals surface area contributed by atoms with E-state index in [2.05, 4.69) is 26.7 Å². The maximum Gasteiger partial charge on any atom is 0.258 e. The van der Waals surface area contributed by atoms with Gasteiger partial charge in [-0.25, -0.2) is 9.97 Å². The number of anilines is 3. The Hall–Kier alpha value is -3.41. The fourth-order valence-corrected chi connectivity index (χ4v) is 2.73. The van der Waals surface area contributed by atoms with E-state index in [9.17, 15) is 4.79 Å². The topological polar surface area (TPSA) is 76.1 Å². The Morgan fingerprint density at radius 1 is 1.04 bits per heavy atom. The summed E-state index contributed by atoms with van der Waals surface area (Å²) in [4.78, 5) is 20.9. The van der Waals surface area contributed by atoms with Crippen LogP contribution in [0.2, 0.25) is 0 Å². The highest BCUT2D eigenvalue weighted by Crippen LogP contribution is 2.24. The van der Waals surface area contributed by atoms with Crippen LogP contribution < -0.4 is 15.4 Å². The average molecular weight is 362 g/mol. The first-order valence-corrected chi connectivity index (χ1v) is 8.75. The molecular weight excluding hydrogens is 340 g/mol. The summed E-state index contributed by atoms with van der Waals surface area (Å²) < 4.78 is 5.52. The van der Waals surface area contributed by atoms with Crippen molar-refractivity contribution in [2.24, 2.45) is 0 Å². The van der Waals surface area contributed by atoms with Crippen molar-refractivity contribution in [1.29, 1.82) is 0 Å². The van der Waals surface area contributed by atoms with Crippen LogP contribution in [0.4, 0.5) is 17.3 Å². The second kappa shape index (κ2) is 8.31. The number of aryl methyl sites for hydroxylation is 2. The van der Waals surface area contributed by atoms with Crippen LogP contribution in [-0.2, 0) is 0 Å². The van der Waals surface area contributed by atoms with E-state index in [1.807, 2.05) is 51.1 Å². The van der Waals surface area contributed by atoms with E-state index in [1.165, 1.54) is 12.4 Å². The van der Waals surface area contributed by atoms with Crippen molar-refractivity contribution < 1.29 is 9.53 Å². The zero-order valence-corrected chi connectivity index (χ0v) is 15.6. The first-order valence-electron chi connectivity index (χ1n) is 8.75. The minimum Gasteiger partial charge on any atom is -0.492 e. The number of ether oxygens (including phenoxy) is 1. The number of nitrogens with one attached hydrogen (secondary N) is 2. The largest absolute Gasteiger partial charge is 0.492 e. The van der Waals surface area contributed by atoms with Crippen LogP contribution in [0.1, 0.15) is 28.4 Å². The molecule has 0 unspecified atom stereocenters. The first kappa shape index (κ1) is 18.4. The van der Waals surface area contributed by atoms with Crippen molar-refractivity contribution in [3.63, 3.8) is 0 Å². The molecule has 0 atom stereocenters. The zero-order valence-electron chi connectivity index (χ0n) is 15.6. The number of para-hydroxylation sites is 2. The summed E-state index contributed by atoms with van der Waals surface area (Å²) in [6, 6.07) is 13.4. The number of amides is 1. The molecule has 0 aliphatic rings. The highest BCUT2D eigenvalue weighted by atomic mass is 16.5. The molecule has 27 heavy (non-hydrogen) atoms. The molecule has 0 fully saturated rings. The predicted octanol–water partition coefficient (Wildman–Crippen LogP) is 4.49. The number of aromatic nitrogens is 2. The number of hydrogen-bond donors (Lipinski definition) is 2. The highest BCUT2D eigenvalue weighted by Gasteiger charge is 2.11. The van der Waals surface area contributed by atoms with Gasteiger partial charge in [0.2, 0.25) is 5.95 Å². The van der Waals surface area contributed by atoms with Crippen LogP contribution in [0.3, 0.4) is 0 Å². The van der Waals surface area contributed by atoms with Gasteiger partial charge in [0.15, 0.2) is 0 Å². The molecule has 138 valence electrons. The van der Waals surface area contributed by atoms with Gasteiger partial charge in [-0.1, -0.05) is 18.2 Å². The minimum atomic E-state index is -0.292. The minimum absolute atomic E-state index is 0.292. The van der Waals surface area contributed by atoms with E-state index < -0.39 is 0 Å². The van der Waals surface area contributed by atoms with Crippen LogP contribution in [0.5, 0.6) is 5.75 Å². The third kappa shape index (κ3) is 4.82. The molecule has 0 spiro atoms. The van der Waals surface area contributed by atoms with Crippen LogP contribution in [0.25, 0.3) is 0 Å². The lowest BCUT2D eigenvalue weighted by Crippen LogP contribution is -2.14. The molecule has 0 saturated heterocycles. The fourth-order valence-electron chi connectivity index (χ4n) is 2.73. The van der Waals surface area contributed by atoms with E-state index in [-0.39, 0.29) is 5.91 Å². The van der Waals surface area contributed by atoms with Crippen molar-refractivity contribution in [2.75, 3.05) is 17.2 Å². The van der Waals surface area contributed by atoms with E-state index in [0.29, 0.717) is 29.6 Å². The predicted molar refractivity (Wildman–Crippen MR) is 107 cm³/mol. The van der Waals surface area contributed by atoms with E-state index in [0.717, 1.165) is 16.8 Å². The molecule has 3 rings (SSSR count). The summed E-state index contributed by atoms with van der Waals surface area (Å²) in [7, 11) is 0. The van der Waals surface area contributed by atoms with Crippen molar-refractivity contribution in [1.82, 2.24) is 9.97 Å². The Morgan fingerprint density at radius 2 is 1.70 bits per heavy atom. The van der Waals surface area contributed by atoms with Crippen molar-refractivity contribution in [2.45, 2.75) is 20.8 Å². The van der Waals surface area contributed by atoms with Gasteiger partial charge >= 0.3 is 0 Å². The number of carbonyl (C=O) groups excluding carboxylic acids is 1. The van der Waals surface area contributed by atoms with Crippen LogP contribution in [-0.4, -0.2) is 22.5 Å². The third-order valence-corrected chi connectivity index (χ3v) is 3.83. The van der Waals surface area contributed by atoms with Gasteiger partial charge in [-0.3, -0.25) is 4.79 Å². The molecule has 6 nitrogen and oxygen atoms in total. The van der Waals surface area contributed by atoms with Gasteiger partial charge in [0.1, 0.15) is 5.75 Å². The maximum atomic E-state index is 12.5. The van der Waals surface area contributed by atoms with Gasteiger partial charge in [-0.15, -0.1) is 0 Å². The molecule has 2 aromatic carbocycles. The molecule has 0 saturated carbocycles. The number of carbonyl (C=O) groups is 1. The van der Waals surface area contributed by atoms with Gasteiger partial charge in [0, 0.05) is 18.1 Å². The Morgan fingerprint density at radius 3 is 2.37 bits per heavy atom. The van der Waals surface area contributed by atoms with Crippen molar-refractivity contribution in [3.8, 4) is 5.75 Å². The van der Waals surface area contributed by atoms with E-state index >= 15 is 0 Å². The third-order valence-electron chi connectivity index (χ3n) is 3.83. The second-order valence-corrected chi connectivity index (χ2v) is 6.18. The summed E-state index contributed by atoms with van der Waals surface area (Å²) in [6.45, 7) is 6.49. The molecule has 1 aromatic heterocycles. The number of hydrogen-bond acceptors (Lipinski definition) is 5. The highest BCUT2D eigenvalue weighted by molar-refractivity contribution is 6.04. The lowest BCUT2D eigenvalue weighted by atomic mass is 10.1. The number of benzene rings is 2. The SMILES string of the molecule is CCOc1ccccc1NC(=O)c1cnc(Nc2cc(C)cc(C)c2)nc1. The molecule has 0 radical (unpaired) electrons. The summed E-state index contributed by atoms with van der Waals surface area (Å²) in [5, 5.41) is 5.98.